The number of nitrogens with one attached hydrogen (secondary N) is 1. The molecule has 0 aliphatic carbocycles. The van der Waals surface area contributed by atoms with E-state index in [4.69, 9.17) is 0 Å². The van der Waals surface area contributed by atoms with Gasteiger partial charge >= 0.3 is 0 Å². The molecule has 0 atom stereocenters. The van der Waals surface area contributed by atoms with Crippen LogP contribution in [0.1, 0.15) is 45.4 Å². The highest BCUT2D eigenvalue weighted by Gasteiger charge is 2.22. The minimum Gasteiger partial charge on any atom is -0.323 e. The summed E-state index contributed by atoms with van der Waals surface area (Å²) in [6.07, 6.45) is 9.43. The van der Waals surface area contributed by atoms with Gasteiger partial charge in [0.05, 0.1) is 12.2 Å². The fourth-order valence-electron chi connectivity index (χ4n) is 4.27. The Morgan fingerprint density at radius 2 is 1.97 bits per heavy atom. The molecular formula is C27H27F2N7. The van der Waals surface area contributed by atoms with E-state index in [-0.39, 0.29) is 10.9 Å². The van der Waals surface area contributed by atoms with Crippen LogP contribution in [0.15, 0.2) is 59.0 Å². The lowest BCUT2D eigenvalue weighted by atomic mass is 9.94. The fourth-order valence-corrected chi connectivity index (χ4v) is 4.27. The van der Waals surface area contributed by atoms with Gasteiger partial charge in [0.2, 0.25) is 5.95 Å². The third kappa shape index (κ3) is 4.10. The number of halogens is 2. The van der Waals surface area contributed by atoms with Crippen molar-refractivity contribution in [1.82, 2.24) is 24.3 Å². The lowest BCUT2D eigenvalue weighted by molar-refractivity contribution is 0.515. The second-order valence-electron chi connectivity index (χ2n) is 8.80. The number of aromatic nitrogens is 5. The predicted octanol–water partition coefficient (Wildman–Crippen LogP) is 6.22. The molecule has 9 heteroatoms. The highest BCUT2D eigenvalue weighted by molar-refractivity contribution is 6.13. The summed E-state index contributed by atoms with van der Waals surface area (Å²) < 4.78 is 34.3. The molecule has 1 aromatic carbocycles. The van der Waals surface area contributed by atoms with Gasteiger partial charge in [0.1, 0.15) is 5.82 Å². The van der Waals surface area contributed by atoms with Crippen LogP contribution in [0.2, 0.25) is 0 Å². The topological polar surface area (TPSA) is 72.9 Å². The summed E-state index contributed by atoms with van der Waals surface area (Å²) in [4.78, 5) is 13.0. The van der Waals surface area contributed by atoms with Crippen molar-refractivity contribution < 1.29 is 8.78 Å². The molecule has 0 saturated heterocycles. The largest absolute Gasteiger partial charge is 0.323 e. The number of fused-ring (bicyclic) bond motifs is 4. The smallest absolute Gasteiger partial charge is 0.231 e. The Morgan fingerprint density at radius 3 is 2.75 bits per heavy atom. The van der Waals surface area contributed by atoms with E-state index < -0.39 is 11.6 Å². The van der Waals surface area contributed by atoms with Crippen LogP contribution in [0.25, 0.3) is 22.3 Å². The number of pyridine rings is 1. The summed E-state index contributed by atoms with van der Waals surface area (Å²) >= 11 is 0. The number of hydrogen-bond acceptors (Lipinski definition) is 5. The molecule has 0 spiro atoms. The molecule has 4 heterocycles. The standard InChI is InChI=1S/C27H27F2N7/c1-5-7-30-13-21(17(4)16(3)6-2)20-10-18-11-23(32-14-22(18)26(29)25(20)28)33-24-12-19-15-35-9-8-31-27(35)36(19)34-24/h6,8-14H,5,7,15H2,1-4H3,(H,32,33,34)/b16-6+,21-17+,30-13?. The molecule has 0 amide bonds. The van der Waals surface area contributed by atoms with Crippen molar-refractivity contribution in [2.75, 3.05) is 11.9 Å². The molecule has 0 radical (unpaired) electrons. The van der Waals surface area contributed by atoms with Crippen LogP contribution >= 0.6 is 0 Å². The number of imidazole rings is 1. The Bertz CT molecular complexity index is 1560. The maximum Gasteiger partial charge on any atom is 0.231 e. The van der Waals surface area contributed by atoms with Crippen molar-refractivity contribution >= 4 is 34.2 Å². The normalized spacial score (nSPS) is 13.9. The van der Waals surface area contributed by atoms with Gasteiger partial charge in [0, 0.05) is 53.9 Å². The van der Waals surface area contributed by atoms with E-state index in [1.54, 1.807) is 29.2 Å². The molecular weight excluding hydrogens is 460 g/mol. The van der Waals surface area contributed by atoms with Crippen LogP contribution in [0, 0.1) is 11.6 Å². The Balaban J connectivity index is 1.55. The fraction of sp³-hybridized carbons (Fsp3) is 0.259. The average molecular weight is 488 g/mol. The lowest BCUT2D eigenvalue weighted by Crippen LogP contribution is -2.02. The van der Waals surface area contributed by atoms with Crippen molar-refractivity contribution in [1.29, 1.82) is 0 Å². The van der Waals surface area contributed by atoms with Crippen molar-refractivity contribution in [3.8, 4) is 5.95 Å². The van der Waals surface area contributed by atoms with Crippen LogP contribution < -0.4 is 5.32 Å². The van der Waals surface area contributed by atoms with Gasteiger partial charge in [-0.05, 0) is 50.3 Å². The minimum atomic E-state index is -0.929. The molecule has 4 aromatic rings. The molecule has 1 aliphatic rings. The Kier molecular flexibility index (Phi) is 6.22. The first kappa shape index (κ1) is 23.6. The Hall–Kier alpha value is -4.14. The average Bonchev–Trinajstić information content (AvgIpc) is 3.56. The number of benzene rings is 1. The molecule has 1 N–H and O–H groups in total. The molecule has 0 bridgehead atoms. The molecule has 3 aromatic heterocycles. The van der Waals surface area contributed by atoms with E-state index in [1.165, 1.54) is 6.20 Å². The quantitative estimate of drug-likeness (QED) is 0.218. The zero-order chi connectivity index (χ0) is 25.4. The summed E-state index contributed by atoms with van der Waals surface area (Å²) in [5.74, 6) is -0.0108. The van der Waals surface area contributed by atoms with E-state index in [1.807, 2.05) is 50.6 Å². The Labute approximate surface area is 207 Å². The van der Waals surface area contributed by atoms with Crippen LogP contribution in [0.3, 0.4) is 0 Å². The van der Waals surface area contributed by atoms with Crippen molar-refractivity contribution in [2.24, 2.45) is 4.99 Å². The second kappa shape index (κ2) is 9.49. The molecule has 5 rings (SSSR count). The number of nitrogens with zero attached hydrogens (tertiary/aromatic N) is 6. The molecule has 184 valence electrons. The number of rotatable bonds is 7. The zero-order valence-electron chi connectivity index (χ0n) is 20.7. The molecule has 0 fully saturated rings. The molecule has 1 aliphatic heterocycles. The zero-order valence-corrected chi connectivity index (χ0v) is 20.7. The Morgan fingerprint density at radius 1 is 1.14 bits per heavy atom. The number of aliphatic imine (C=N–C) groups is 1. The first-order valence-electron chi connectivity index (χ1n) is 11.9. The first-order chi connectivity index (χ1) is 17.4. The predicted molar refractivity (Wildman–Crippen MR) is 139 cm³/mol. The second-order valence-corrected chi connectivity index (χ2v) is 8.80. The highest BCUT2D eigenvalue weighted by atomic mass is 19.2. The van der Waals surface area contributed by atoms with Crippen LogP contribution in [-0.4, -0.2) is 37.1 Å². The summed E-state index contributed by atoms with van der Waals surface area (Å²) in [6, 6.07) is 5.28. The first-order valence-corrected chi connectivity index (χ1v) is 11.9. The van der Waals surface area contributed by atoms with Gasteiger partial charge in [-0.1, -0.05) is 18.6 Å². The van der Waals surface area contributed by atoms with Gasteiger partial charge in [-0.3, -0.25) is 4.99 Å². The van der Waals surface area contributed by atoms with Gasteiger partial charge in [-0.15, -0.1) is 5.10 Å². The van der Waals surface area contributed by atoms with Crippen LogP contribution in [0.5, 0.6) is 0 Å². The maximum absolute atomic E-state index is 15.3. The molecule has 36 heavy (non-hydrogen) atoms. The van der Waals surface area contributed by atoms with E-state index >= 15 is 8.78 Å². The van der Waals surface area contributed by atoms with E-state index in [0.717, 1.165) is 29.2 Å². The summed E-state index contributed by atoms with van der Waals surface area (Å²) in [7, 11) is 0. The van der Waals surface area contributed by atoms with Crippen molar-refractivity contribution in [3.63, 3.8) is 0 Å². The third-order valence-corrected chi connectivity index (χ3v) is 6.45. The van der Waals surface area contributed by atoms with Crippen molar-refractivity contribution in [2.45, 2.75) is 40.7 Å². The van der Waals surface area contributed by atoms with E-state index in [0.29, 0.717) is 35.7 Å². The van der Waals surface area contributed by atoms with Gasteiger partial charge < -0.3 is 9.88 Å². The number of allylic oxidation sites excluding steroid dienone is 4. The molecule has 0 saturated carbocycles. The lowest BCUT2D eigenvalue weighted by Gasteiger charge is -2.13. The minimum absolute atomic E-state index is 0.112. The van der Waals surface area contributed by atoms with Gasteiger partial charge in [0.15, 0.2) is 17.5 Å². The SMILES string of the molecule is C/C=C(C)/C(C)=C(\C=NCCC)c1cc2cc(Nc3cc4n(n3)-c3nccn3C4)ncc2c(F)c1F. The van der Waals surface area contributed by atoms with Crippen LogP contribution in [0.4, 0.5) is 20.4 Å². The van der Waals surface area contributed by atoms with Crippen molar-refractivity contribution in [3.05, 3.63) is 76.9 Å². The monoisotopic (exact) mass is 487 g/mol. The van der Waals surface area contributed by atoms with E-state index in [2.05, 4.69) is 25.4 Å². The molecule has 7 nitrogen and oxygen atoms in total. The van der Waals surface area contributed by atoms with Gasteiger partial charge in [0.25, 0.3) is 0 Å². The van der Waals surface area contributed by atoms with Gasteiger partial charge in [-0.25, -0.2) is 23.4 Å². The third-order valence-electron chi connectivity index (χ3n) is 6.45. The number of anilines is 2. The molecule has 0 unspecified atom stereocenters. The van der Waals surface area contributed by atoms with Crippen LogP contribution in [-0.2, 0) is 6.54 Å². The summed E-state index contributed by atoms with van der Waals surface area (Å²) in [5.41, 5.74) is 3.53. The highest BCUT2D eigenvalue weighted by Crippen LogP contribution is 2.32. The maximum atomic E-state index is 15.3. The summed E-state index contributed by atoms with van der Waals surface area (Å²) in [6.45, 7) is 9.07. The summed E-state index contributed by atoms with van der Waals surface area (Å²) in [5, 5.41) is 8.38. The van der Waals surface area contributed by atoms with Gasteiger partial charge in [-0.2, -0.15) is 0 Å². The number of hydrogen-bond donors (Lipinski definition) is 1. The van der Waals surface area contributed by atoms with E-state index in [9.17, 15) is 0 Å².